The molecule has 0 bridgehead atoms. The average molecular weight is 259 g/mol. The van der Waals surface area contributed by atoms with Crippen LogP contribution in [-0.4, -0.2) is 6.04 Å². The zero-order chi connectivity index (χ0) is 13.5. The second kappa shape index (κ2) is 7.69. The molecule has 1 aromatic carbocycles. The normalized spacial score (nSPS) is 20.1. The van der Waals surface area contributed by atoms with Crippen LogP contribution in [0.25, 0.3) is 0 Å². The Morgan fingerprint density at radius 1 is 1.11 bits per heavy atom. The van der Waals surface area contributed by atoms with Gasteiger partial charge >= 0.3 is 0 Å². The molecule has 1 N–H and O–H groups in total. The summed E-state index contributed by atoms with van der Waals surface area (Å²) < 4.78 is 0. The van der Waals surface area contributed by atoms with Crippen LogP contribution in [0.3, 0.4) is 0 Å². The quantitative estimate of drug-likeness (QED) is 0.750. The van der Waals surface area contributed by atoms with Crippen molar-refractivity contribution in [1.82, 2.24) is 5.32 Å². The Balaban J connectivity index is 1.96. The Morgan fingerprint density at radius 3 is 2.42 bits per heavy atom. The van der Waals surface area contributed by atoms with Crippen LogP contribution in [0, 0.1) is 5.92 Å². The molecule has 0 aliphatic heterocycles. The lowest BCUT2D eigenvalue weighted by atomic mass is 9.84. The van der Waals surface area contributed by atoms with Crippen molar-refractivity contribution >= 4 is 0 Å². The van der Waals surface area contributed by atoms with Crippen molar-refractivity contribution in [2.45, 2.75) is 70.9 Å². The molecule has 0 heterocycles. The van der Waals surface area contributed by atoms with Gasteiger partial charge in [-0.1, -0.05) is 62.9 Å². The van der Waals surface area contributed by atoms with E-state index < -0.39 is 0 Å². The minimum Gasteiger partial charge on any atom is -0.307 e. The van der Waals surface area contributed by atoms with Gasteiger partial charge in [0.25, 0.3) is 0 Å². The van der Waals surface area contributed by atoms with E-state index in [1.54, 1.807) is 0 Å². The summed E-state index contributed by atoms with van der Waals surface area (Å²) in [5.74, 6) is 0.886. The third-order valence-corrected chi connectivity index (χ3v) is 4.60. The Kier molecular flexibility index (Phi) is 5.91. The molecule has 19 heavy (non-hydrogen) atoms. The van der Waals surface area contributed by atoms with Crippen molar-refractivity contribution in [3.8, 4) is 0 Å². The zero-order valence-electron chi connectivity index (χ0n) is 12.6. The number of hydrogen-bond donors (Lipinski definition) is 1. The number of hydrogen-bond acceptors (Lipinski definition) is 1. The molecule has 0 saturated heterocycles. The molecular formula is C18H29N. The lowest BCUT2D eigenvalue weighted by Gasteiger charge is -2.32. The van der Waals surface area contributed by atoms with Crippen LogP contribution in [-0.2, 0) is 0 Å². The molecule has 1 nitrogen and oxygen atoms in total. The lowest BCUT2D eigenvalue weighted by molar-refractivity contribution is 0.260. The van der Waals surface area contributed by atoms with Gasteiger partial charge in [0.05, 0.1) is 0 Å². The highest BCUT2D eigenvalue weighted by atomic mass is 15.0. The van der Waals surface area contributed by atoms with Crippen molar-refractivity contribution in [3.05, 3.63) is 35.9 Å². The van der Waals surface area contributed by atoms with Crippen LogP contribution < -0.4 is 5.32 Å². The SMILES string of the molecule is CCCC(NC(C)C1CCCCC1)c1ccccc1. The van der Waals surface area contributed by atoms with Crippen molar-refractivity contribution in [2.24, 2.45) is 5.92 Å². The molecule has 2 unspecified atom stereocenters. The Morgan fingerprint density at radius 2 is 1.79 bits per heavy atom. The largest absolute Gasteiger partial charge is 0.307 e. The van der Waals surface area contributed by atoms with E-state index in [-0.39, 0.29) is 0 Å². The van der Waals surface area contributed by atoms with Gasteiger partial charge in [-0.3, -0.25) is 0 Å². The van der Waals surface area contributed by atoms with E-state index >= 15 is 0 Å². The first-order valence-corrected chi connectivity index (χ1v) is 8.12. The molecule has 1 aliphatic carbocycles. The van der Waals surface area contributed by atoms with Gasteiger partial charge in [0, 0.05) is 12.1 Å². The van der Waals surface area contributed by atoms with Gasteiger partial charge in [0.1, 0.15) is 0 Å². The van der Waals surface area contributed by atoms with E-state index in [2.05, 4.69) is 49.5 Å². The van der Waals surface area contributed by atoms with Crippen LogP contribution >= 0.6 is 0 Å². The summed E-state index contributed by atoms with van der Waals surface area (Å²) in [6.07, 6.45) is 9.62. The molecule has 1 aliphatic rings. The molecule has 1 heteroatoms. The van der Waals surface area contributed by atoms with Crippen LogP contribution in [0.1, 0.15) is 70.4 Å². The molecule has 2 rings (SSSR count). The predicted octanol–water partition coefficient (Wildman–Crippen LogP) is 5.09. The molecule has 0 spiro atoms. The third kappa shape index (κ3) is 4.35. The molecule has 0 radical (unpaired) electrons. The summed E-state index contributed by atoms with van der Waals surface area (Å²) in [7, 11) is 0. The van der Waals surface area contributed by atoms with E-state index in [0.717, 1.165) is 5.92 Å². The molecule has 106 valence electrons. The van der Waals surface area contributed by atoms with E-state index in [9.17, 15) is 0 Å². The maximum Gasteiger partial charge on any atom is 0.0322 e. The van der Waals surface area contributed by atoms with Crippen LogP contribution in [0.2, 0.25) is 0 Å². The van der Waals surface area contributed by atoms with Gasteiger partial charge in [-0.2, -0.15) is 0 Å². The first kappa shape index (κ1) is 14.6. The summed E-state index contributed by atoms with van der Waals surface area (Å²) >= 11 is 0. The molecule has 0 aromatic heterocycles. The van der Waals surface area contributed by atoms with Crippen LogP contribution in [0.4, 0.5) is 0 Å². The smallest absolute Gasteiger partial charge is 0.0322 e. The maximum atomic E-state index is 3.90. The minimum atomic E-state index is 0.531. The number of nitrogens with one attached hydrogen (secondary N) is 1. The lowest BCUT2D eigenvalue weighted by Crippen LogP contribution is -2.37. The monoisotopic (exact) mass is 259 g/mol. The second-order valence-electron chi connectivity index (χ2n) is 6.11. The Hall–Kier alpha value is -0.820. The van der Waals surface area contributed by atoms with Crippen LogP contribution in [0.15, 0.2) is 30.3 Å². The fourth-order valence-corrected chi connectivity index (χ4v) is 3.41. The third-order valence-electron chi connectivity index (χ3n) is 4.60. The summed E-state index contributed by atoms with van der Waals surface area (Å²) in [6.45, 7) is 4.67. The van der Waals surface area contributed by atoms with Crippen molar-refractivity contribution in [1.29, 1.82) is 0 Å². The van der Waals surface area contributed by atoms with Crippen molar-refractivity contribution in [3.63, 3.8) is 0 Å². The number of benzene rings is 1. The highest BCUT2D eigenvalue weighted by Crippen LogP contribution is 2.28. The highest BCUT2D eigenvalue weighted by Gasteiger charge is 2.22. The second-order valence-corrected chi connectivity index (χ2v) is 6.11. The van der Waals surface area contributed by atoms with Crippen molar-refractivity contribution < 1.29 is 0 Å². The van der Waals surface area contributed by atoms with Gasteiger partial charge in [-0.05, 0) is 37.7 Å². The fraction of sp³-hybridized carbons (Fsp3) is 0.667. The molecule has 1 saturated carbocycles. The van der Waals surface area contributed by atoms with Gasteiger partial charge in [0.15, 0.2) is 0 Å². The van der Waals surface area contributed by atoms with E-state index in [4.69, 9.17) is 0 Å². The van der Waals surface area contributed by atoms with Crippen molar-refractivity contribution in [2.75, 3.05) is 0 Å². The molecule has 1 aromatic rings. The summed E-state index contributed by atoms with van der Waals surface area (Å²) in [6, 6.07) is 12.1. The molecule has 0 amide bonds. The molecule has 1 fully saturated rings. The minimum absolute atomic E-state index is 0.531. The van der Waals surface area contributed by atoms with Gasteiger partial charge in [-0.15, -0.1) is 0 Å². The number of rotatable bonds is 6. The zero-order valence-corrected chi connectivity index (χ0v) is 12.6. The Bertz CT molecular complexity index is 340. The highest BCUT2D eigenvalue weighted by molar-refractivity contribution is 5.19. The van der Waals surface area contributed by atoms with E-state index in [1.807, 2.05) is 0 Å². The standard InChI is InChI=1S/C18H29N/c1-3-10-18(17-13-8-5-9-14-17)19-15(2)16-11-6-4-7-12-16/h5,8-9,13-16,18-19H,3-4,6-7,10-12H2,1-2H3. The van der Waals surface area contributed by atoms with E-state index in [1.165, 1.54) is 50.5 Å². The summed E-state index contributed by atoms with van der Waals surface area (Å²) in [5.41, 5.74) is 1.45. The van der Waals surface area contributed by atoms with Crippen LogP contribution in [0.5, 0.6) is 0 Å². The van der Waals surface area contributed by atoms with Gasteiger partial charge < -0.3 is 5.32 Å². The van der Waals surface area contributed by atoms with E-state index in [0.29, 0.717) is 12.1 Å². The summed E-state index contributed by atoms with van der Waals surface area (Å²) in [4.78, 5) is 0. The maximum absolute atomic E-state index is 3.90. The first-order chi connectivity index (χ1) is 9.31. The molecular weight excluding hydrogens is 230 g/mol. The predicted molar refractivity (Wildman–Crippen MR) is 83.3 cm³/mol. The first-order valence-electron chi connectivity index (χ1n) is 8.12. The van der Waals surface area contributed by atoms with Gasteiger partial charge in [0.2, 0.25) is 0 Å². The fourth-order valence-electron chi connectivity index (χ4n) is 3.41. The Labute approximate surface area is 118 Å². The topological polar surface area (TPSA) is 12.0 Å². The van der Waals surface area contributed by atoms with Gasteiger partial charge in [-0.25, -0.2) is 0 Å². The average Bonchev–Trinajstić information content (AvgIpc) is 2.48. The summed E-state index contributed by atoms with van der Waals surface area (Å²) in [5, 5.41) is 3.90. The molecule has 2 atom stereocenters.